The molecule has 0 bridgehead atoms. The van der Waals surface area contributed by atoms with Gasteiger partial charge >= 0.3 is 0 Å². The van der Waals surface area contributed by atoms with E-state index < -0.39 is 0 Å². The van der Waals surface area contributed by atoms with Gasteiger partial charge < -0.3 is 15.4 Å². The summed E-state index contributed by atoms with van der Waals surface area (Å²) in [4.78, 5) is 10.3. The highest BCUT2D eigenvalue weighted by Crippen LogP contribution is 2.14. The minimum atomic E-state index is 0.594. The first-order valence-electron chi connectivity index (χ1n) is 8.50. The van der Waals surface area contributed by atoms with E-state index in [4.69, 9.17) is 9.73 Å². The van der Waals surface area contributed by atoms with Crippen LogP contribution in [0.3, 0.4) is 0 Å². The molecule has 7 nitrogen and oxygen atoms in total. The molecule has 0 saturated heterocycles. The lowest BCUT2D eigenvalue weighted by Gasteiger charge is -2.10. The van der Waals surface area contributed by atoms with E-state index in [9.17, 15) is 0 Å². The maximum absolute atomic E-state index is 5.14. The number of guanidine groups is 1. The Kier molecular flexibility index (Phi) is 7.39. The first-order valence-corrected chi connectivity index (χ1v) is 9.32. The zero-order valence-electron chi connectivity index (χ0n) is 15.7. The van der Waals surface area contributed by atoms with Crippen LogP contribution in [0.5, 0.6) is 0 Å². The first-order chi connectivity index (χ1) is 12.0. The molecule has 0 atom stereocenters. The van der Waals surface area contributed by atoms with E-state index in [1.807, 2.05) is 17.8 Å². The number of aliphatic imine (C=N–C) groups is 1. The molecule has 0 spiro atoms. The van der Waals surface area contributed by atoms with E-state index in [-0.39, 0.29) is 0 Å². The summed E-state index contributed by atoms with van der Waals surface area (Å²) < 4.78 is 7.13. The van der Waals surface area contributed by atoms with E-state index in [0.29, 0.717) is 19.7 Å². The minimum Gasteiger partial charge on any atom is -0.383 e. The molecular formula is C17H28N6OS. The Bertz CT molecular complexity index is 706. The van der Waals surface area contributed by atoms with Gasteiger partial charge in [0.1, 0.15) is 5.01 Å². The van der Waals surface area contributed by atoms with E-state index in [1.165, 1.54) is 10.4 Å². The lowest BCUT2D eigenvalue weighted by atomic mass is 10.2. The summed E-state index contributed by atoms with van der Waals surface area (Å²) in [7, 11) is 1.70. The standard InChI is InChI=1S/C17H28N6OS/c1-6-18-17(21-11-16-19-9-12(2)25-16)20-10-15-13(3)22-23(14(15)4)7-8-24-5/h9H,6-8,10-11H2,1-5H3,(H2,18,20,21). The summed E-state index contributed by atoms with van der Waals surface area (Å²) in [6.45, 7) is 11.7. The van der Waals surface area contributed by atoms with Crippen LogP contribution in [0.15, 0.2) is 11.2 Å². The summed E-state index contributed by atoms with van der Waals surface area (Å²) in [5.74, 6) is 0.791. The number of thiazole rings is 1. The minimum absolute atomic E-state index is 0.594. The van der Waals surface area contributed by atoms with Crippen LogP contribution in [0.2, 0.25) is 0 Å². The van der Waals surface area contributed by atoms with Crippen molar-refractivity contribution in [3.8, 4) is 0 Å². The summed E-state index contributed by atoms with van der Waals surface area (Å²) in [6, 6.07) is 0. The average molecular weight is 365 g/mol. The fraction of sp³-hybridized carbons (Fsp3) is 0.588. The lowest BCUT2D eigenvalue weighted by molar-refractivity contribution is 0.182. The molecule has 25 heavy (non-hydrogen) atoms. The molecule has 0 aliphatic rings. The predicted molar refractivity (Wildman–Crippen MR) is 102 cm³/mol. The van der Waals surface area contributed by atoms with Gasteiger partial charge in [0.05, 0.1) is 31.9 Å². The van der Waals surface area contributed by atoms with Crippen molar-refractivity contribution in [3.63, 3.8) is 0 Å². The summed E-state index contributed by atoms with van der Waals surface area (Å²) in [5.41, 5.74) is 3.33. The van der Waals surface area contributed by atoms with Crippen LogP contribution >= 0.6 is 11.3 Å². The van der Waals surface area contributed by atoms with Crippen molar-refractivity contribution >= 4 is 17.3 Å². The molecule has 0 radical (unpaired) electrons. The van der Waals surface area contributed by atoms with E-state index in [2.05, 4.69) is 41.5 Å². The molecule has 0 unspecified atom stereocenters. The smallest absolute Gasteiger partial charge is 0.191 e. The second-order valence-electron chi connectivity index (χ2n) is 5.78. The molecule has 2 aromatic rings. The van der Waals surface area contributed by atoms with Crippen LogP contribution < -0.4 is 10.6 Å². The van der Waals surface area contributed by atoms with Gasteiger partial charge in [0, 0.05) is 36.0 Å². The van der Waals surface area contributed by atoms with Gasteiger partial charge in [-0.15, -0.1) is 11.3 Å². The highest BCUT2D eigenvalue weighted by Gasteiger charge is 2.11. The zero-order chi connectivity index (χ0) is 18.2. The van der Waals surface area contributed by atoms with Crippen LogP contribution in [-0.4, -0.2) is 41.0 Å². The molecule has 2 rings (SSSR count). The summed E-state index contributed by atoms with van der Waals surface area (Å²) in [5, 5.41) is 12.3. The third-order valence-electron chi connectivity index (χ3n) is 3.85. The second-order valence-corrected chi connectivity index (χ2v) is 7.10. The van der Waals surface area contributed by atoms with Crippen molar-refractivity contribution in [2.45, 2.75) is 47.3 Å². The monoisotopic (exact) mass is 364 g/mol. The van der Waals surface area contributed by atoms with Gasteiger partial charge in [-0.2, -0.15) is 5.10 Å². The Balaban J connectivity index is 2.03. The maximum Gasteiger partial charge on any atom is 0.191 e. The summed E-state index contributed by atoms with van der Waals surface area (Å²) >= 11 is 1.70. The average Bonchev–Trinajstić information content (AvgIpc) is 3.12. The highest BCUT2D eigenvalue weighted by atomic mass is 32.1. The fourth-order valence-corrected chi connectivity index (χ4v) is 3.23. The molecule has 0 aliphatic carbocycles. The van der Waals surface area contributed by atoms with Crippen molar-refractivity contribution in [1.29, 1.82) is 0 Å². The van der Waals surface area contributed by atoms with E-state index in [0.717, 1.165) is 35.4 Å². The number of rotatable bonds is 8. The Morgan fingerprint density at radius 3 is 2.76 bits per heavy atom. The molecule has 2 heterocycles. The molecule has 0 aromatic carbocycles. The Labute approximate surface area is 153 Å². The van der Waals surface area contributed by atoms with Crippen molar-refractivity contribution in [3.05, 3.63) is 33.0 Å². The van der Waals surface area contributed by atoms with Gasteiger partial charge in [0.15, 0.2) is 5.96 Å². The first kappa shape index (κ1) is 19.4. The van der Waals surface area contributed by atoms with E-state index in [1.54, 1.807) is 18.4 Å². The predicted octanol–water partition coefficient (Wildman–Crippen LogP) is 2.17. The van der Waals surface area contributed by atoms with Crippen molar-refractivity contribution in [2.75, 3.05) is 20.3 Å². The quantitative estimate of drug-likeness (QED) is 0.554. The van der Waals surface area contributed by atoms with Gasteiger partial charge in [-0.05, 0) is 27.7 Å². The molecule has 138 valence electrons. The van der Waals surface area contributed by atoms with E-state index >= 15 is 0 Å². The summed E-state index contributed by atoms with van der Waals surface area (Å²) in [6.07, 6.45) is 1.90. The third kappa shape index (κ3) is 5.54. The molecule has 0 aliphatic heterocycles. The number of methoxy groups -OCH3 is 1. The SMILES string of the molecule is CCNC(=NCc1c(C)nn(CCOC)c1C)NCc1ncc(C)s1. The molecule has 2 N–H and O–H groups in total. The number of hydrogen-bond donors (Lipinski definition) is 2. The topological polar surface area (TPSA) is 76.4 Å². The number of hydrogen-bond acceptors (Lipinski definition) is 5. The van der Waals surface area contributed by atoms with Crippen LogP contribution in [0, 0.1) is 20.8 Å². The highest BCUT2D eigenvalue weighted by molar-refractivity contribution is 7.11. The molecule has 0 fully saturated rings. The normalized spacial score (nSPS) is 11.8. The third-order valence-corrected chi connectivity index (χ3v) is 4.77. The van der Waals surface area contributed by atoms with Crippen molar-refractivity contribution in [1.82, 2.24) is 25.4 Å². The Morgan fingerprint density at radius 2 is 2.12 bits per heavy atom. The van der Waals surface area contributed by atoms with Crippen molar-refractivity contribution < 1.29 is 4.74 Å². The fourth-order valence-electron chi connectivity index (χ4n) is 2.50. The second kappa shape index (κ2) is 9.53. The Hall–Kier alpha value is -1.93. The molecule has 0 saturated carbocycles. The van der Waals surface area contributed by atoms with Crippen LogP contribution in [0.1, 0.15) is 33.8 Å². The number of ether oxygens (including phenoxy) is 1. The van der Waals surface area contributed by atoms with Crippen molar-refractivity contribution in [2.24, 2.45) is 4.99 Å². The van der Waals surface area contributed by atoms with Gasteiger partial charge in [-0.3, -0.25) is 4.68 Å². The Morgan fingerprint density at radius 1 is 1.32 bits per heavy atom. The zero-order valence-corrected chi connectivity index (χ0v) is 16.5. The number of nitrogens with one attached hydrogen (secondary N) is 2. The largest absolute Gasteiger partial charge is 0.383 e. The van der Waals surface area contributed by atoms with Crippen LogP contribution in [0.25, 0.3) is 0 Å². The van der Waals surface area contributed by atoms with Gasteiger partial charge in [0.25, 0.3) is 0 Å². The van der Waals surface area contributed by atoms with Crippen LogP contribution in [0.4, 0.5) is 0 Å². The van der Waals surface area contributed by atoms with Crippen LogP contribution in [-0.2, 0) is 24.4 Å². The molecule has 8 heteroatoms. The lowest BCUT2D eigenvalue weighted by Crippen LogP contribution is -2.36. The maximum atomic E-state index is 5.14. The molecule has 2 aromatic heterocycles. The number of aryl methyl sites for hydroxylation is 2. The number of nitrogens with zero attached hydrogens (tertiary/aromatic N) is 4. The molecular weight excluding hydrogens is 336 g/mol. The van der Waals surface area contributed by atoms with Gasteiger partial charge in [-0.25, -0.2) is 9.98 Å². The van der Waals surface area contributed by atoms with Gasteiger partial charge in [-0.1, -0.05) is 0 Å². The van der Waals surface area contributed by atoms with Gasteiger partial charge in [0.2, 0.25) is 0 Å². The number of aromatic nitrogens is 3. The molecule has 0 amide bonds.